The van der Waals surface area contributed by atoms with Crippen LogP contribution in [-0.2, 0) is 0 Å². The third kappa shape index (κ3) is 20.3. The SMILES string of the molecule is Cl.O.[BH4-].[Ce].[NaH]. The van der Waals surface area contributed by atoms with E-state index in [9.17, 15) is 0 Å². The maximum atomic E-state index is 0. The van der Waals surface area contributed by atoms with Crippen LogP contribution in [0.25, 0.3) is 0 Å². The van der Waals surface area contributed by atoms with Gasteiger partial charge in [0.15, 0.2) is 0 Å². The first-order valence-corrected chi connectivity index (χ1v) is 0. The van der Waals surface area contributed by atoms with Crippen molar-refractivity contribution >= 4 is 50.4 Å². The van der Waals surface area contributed by atoms with Crippen LogP contribution in [0.5, 0.6) is 0 Å². The second-order valence-corrected chi connectivity index (χ2v) is 0. The second-order valence-electron chi connectivity index (χ2n) is 0. The Hall–Kier alpha value is 2.69. The third-order valence-corrected chi connectivity index (χ3v) is 0. The van der Waals surface area contributed by atoms with E-state index in [4.69, 9.17) is 0 Å². The molecule has 0 radical (unpaired) electrons. The van der Waals surface area contributed by atoms with Crippen LogP contribution in [0.3, 0.4) is 0 Å². The Labute approximate surface area is 95.6 Å². The summed E-state index contributed by atoms with van der Waals surface area (Å²) in [5.41, 5.74) is 0. The van der Waals surface area contributed by atoms with Crippen LogP contribution in [0, 0.1) is 41.7 Å². The summed E-state index contributed by atoms with van der Waals surface area (Å²) in [4.78, 5) is 0. The Bertz CT molecular complexity index is 11.6. The molecular formula is H8BCeClNaO-. The van der Waals surface area contributed by atoms with E-state index in [1.165, 1.54) is 0 Å². The number of hydrogen-bond donors (Lipinski definition) is 0. The molecule has 5 heavy (non-hydrogen) atoms. The fourth-order valence-electron chi connectivity index (χ4n) is 0. The standard InChI is InChI=1S/BH4.Ce.ClH.Na.H2O.H/h1H4;;1H;;1H2;/q-1;;;;;. The van der Waals surface area contributed by atoms with Gasteiger partial charge in [-0.15, -0.1) is 12.4 Å². The summed E-state index contributed by atoms with van der Waals surface area (Å²) in [5.74, 6) is 0. The molecule has 0 heterocycles. The third-order valence-electron chi connectivity index (χ3n) is 0. The van der Waals surface area contributed by atoms with E-state index in [1.807, 2.05) is 0 Å². The predicted molar refractivity (Wildman–Crippen MR) is 29.3 cm³/mol. The molecular weight excluding hydrogens is 225 g/mol. The van der Waals surface area contributed by atoms with Gasteiger partial charge in [0.2, 0.25) is 0 Å². The van der Waals surface area contributed by atoms with Gasteiger partial charge < -0.3 is 5.48 Å². The molecule has 1 nitrogen and oxygen atoms in total. The van der Waals surface area contributed by atoms with Crippen LogP contribution in [0.4, 0.5) is 0 Å². The Morgan fingerprint density at radius 2 is 1.00 bits per heavy atom. The van der Waals surface area contributed by atoms with Crippen molar-refractivity contribution in [3.05, 3.63) is 0 Å². The van der Waals surface area contributed by atoms with Crippen molar-refractivity contribution in [1.29, 1.82) is 0 Å². The van der Waals surface area contributed by atoms with Gasteiger partial charge in [0.1, 0.15) is 0 Å². The van der Waals surface area contributed by atoms with Crippen LogP contribution < -0.4 is 0 Å². The van der Waals surface area contributed by atoms with E-state index in [-0.39, 0.29) is 97.6 Å². The molecule has 0 rings (SSSR count). The minimum atomic E-state index is 0. The van der Waals surface area contributed by atoms with E-state index < -0.39 is 0 Å². The van der Waals surface area contributed by atoms with Crippen LogP contribution >= 0.6 is 12.4 Å². The number of hydrogen-bond acceptors (Lipinski definition) is 0. The summed E-state index contributed by atoms with van der Waals surface area (Å²) >= 11 is 0. The molecule has 0 aromatic carbocycles. The predicted octanol–water partition coefficient (Wildman–Crippen LogP) is -2.50. The van der Waals surface area contributed by atoms with E-state index in [0.29, 0.717) is 0 Å². The first kappa shape index (κ1) is 47.5. The first-order valence-electron chi connectivity index (χ1n) is 0. The fraction of sp³-hybridized carbons (Fsp3) is 0. The monoisotopic (exact) mass is 233 g/mol. The maximum absolute atomic E-state index is 0. The summed E-state index contributed by atoms with van der Waals surface area (Å²) in [7, 11) is 0. The Balaban J connectivity index is 0. The van der Waals surface area contributed by atoms with Gasteiger partial charge in [0.05, 0.1) is 0 Å². The van der Waals surface area contributed by atoms with Gasteiger partial charge in [0, 0.05) is 41.7 Å². The van der Waals surface area contributed by atoms with E-state index in [1.54, 1.807) is 0 Å². The molecule has 2 N–H and O–H groups in total. The van der Waals surface area contributed by atoms with Crippen LogP contribution in [0.1, 0.15) is 0 Å². The fourth-order valence-corrected chi connectivity index (χ4v) is 0. The molecule has 0 saturated carbocycles. The van der Waals surface area contributed by atoms with Gasteiger partial charge in [-0.05, 0) is 0 Å². The molecule has 0 aromatic heterocycles. The Morgan fingerprint density at radius 1 is 1.00 bits per heavy atom. The Morgan fingerprint density at radius 3 is 1.00 bits per heavy atom. The molecule has 0 aliphatic carbocycles. The molecule has 0 atom stereocenters. The van der Waals surface area contributed by atoms with Gasteiger partial charge in [-0.25, -0.2) is 0 Å². The van der Waals surface area contributed by atoms with Gasteiger partial charge in [0.25, 0.3) is 0 Å². The molecule has 5 heteroatoms. The van der Waals surface area contributed by atoms with Crippen molar-refractivity contribution in [2.75, 3.05) is 0 Å². The molecule has 0 unspecified atom stereocenters. The van der Waals surface area contributed by atoms with E-state index in [0.717, 1.165) is 0 Å². The number of halogens is 1. The topological polar surface area (TPSA) is 31.5 Å². The van der Waals surface area contributed by atoms with Crippen molar-refractivity contribution in [3.8, 4) is 0 Å². The zero-order chi connectivity index (χ0) is 0. The van der Waals surface area contributed by atoms with Crippen LogP contribution in [0.15, 0.2) is 0 Å². The van der Waals surface area contributed by atoms with E-state index in [2.05, 4.69) is 0 Å². The van der Waals surface area contributed by atoms with Crippen molar-refractivity contribution in [1.82, 2.24) is 0 Å². The normalized spacial score (nSPS) is 0. The number of rotatable bonds is 0. The summed E-state index contributed by atoms with van der Waals surface area (Å²) in [5, 5.41) is 0. The molecule has 0 amide bonds. The van der Waals surface area contributed by atoms with Gasteiger partial charge in [-0.3, -0.25) is 0 Å². The molecule has 0 aromatic rings. The van der Waals surface area contributed by atoms with Crippen LogP contribution in [-0.4, -0.2) is 43.4 Å². The molecule has 0 fully saturated rings. The summed E-state index contributed by atoms with van der Waals surface area (Å²) < 4.78 is 0. The van der Waals surface area contributed by atoms with Crippen molar-refractivity contribution in [3.63, 3.8) is 0 Å². The molecule has 0 saturated heterocycles. The average molecular weight is 233 g/mol. The van der Waals surface area contributed by atoms with Gasteiger partial charge in [-0.1, -0.05) is 8.41 Å². The Kier molecular flexibility index (Phi) is 284. The van der Waals surface area contributed by atoms with Gasteiger partial charge >= 0.3 is 29.6 Å². The quantitative estimate of drug-likeness (QED) is 0.414. The second kappa shape index (κ2) is 29.9. The van der Waals surface area contributed by atoms with Crippen molar-refractivity contribution in [2.45, 2.75) is 0 Å². The molecule has 30 valence electrons. The average Bonchev–Trinajstić information content (AvgIpc) is 0. The molecule has 0 aliphatic rings. The van der Waals surface area contributed by atoms with Crippen molar-refractivity contribution in [2.24, 2.45) is 0 Å². The molecule has 0 spiro atoms. The minimum absolute atomic E-state index is 0. The molecule has 0 bridgehead atoms. The zero-order valence-electron chi connectivity index (χ0n) is 1.41. The first-order chi connectivity index (χ1) is 0. The summed E-state index contributed by atoms with van der Waals surface area (Å²) in [6.07, 6.45) is 0. The van der Waals surface area contributed by atoms with E-state index >= 15 is 0 Å². The zero-order valence-corrected chi connectivity index (χ0v) is 5.36. The van der Waals surface area contributed by atoms with Crippen molar-refractivity contribution < 1.29 is 47.2 Å². The molecule has 0 aliphatic heterocycles. The van der Waals surface area contributed by atoms with Gasteiger partial charge in [-0.2, -0.15) is 0 Å². The van der Waals surface area contributed by atoms with Crippen LogP contribution in [0.2, 0.25) is 0 Å². The summed E-state index contributed by atoms with van der Waals surface area (Å²) in [6, 6.07) is 0. The summed E-state index contributed by atoms with van der Waals surface area (Å²) in [6.45, 7) is 0.